The van der Waals surface area contributed by atoms with Gasteiger partial charge >= 0.3 is 12.2 Å². The first-order valence-corrected chi connectivity index (χ1v) is 14.9. The molecule has 3 aliphatic heterocycles. The van der Waals surface area contributed by atoms with Gasteiger partial charge in [-0.1, -0.05) is 41.4 Å². The van der Waals surface area contributed by atoms with Crippen molar-refractivity contribution in [2.24, 2.45) is 5.92 Å². The molecule has 1 atom stereocenters. The lowest BCUT2D eigenvalue weighted by Crippen LogP contribution is -2.50. The summed E-state index contributed by atoms with van der Waals surface area (Å²) in [5, 5.41) is 10.3. The average molecular weight is 637 g/mol. The number of aromatic amines is 1. The zero-order chi connectivity index (χ0) is 30.5. The molecule has 9 nitrogen and oxygen atoms in total. The van der Waals surface area contributed by atoms with Gasteiger partial charge in [-0.3, -0.25) is 14.7 Å². The molecule has 43 heavy (non-hydrogen) atoms. The van der Waals surface area contributed by atoms with Crippen molar-refractivity contribution < 1.29 is 27.6 Å². The van der Waals surface area contributed by atoms with E-state index in [0.717, 1.165) is 16.2 Å². The Labute approximate surface area is 255 Å². The monoisotopic (exact) mass is 636 g/mol. The van der Waals surface area contributed by atoms with Gasteiger partial charge in [-0.05, 0) is 54.5 Å². The predicted octanol–water partition coefficient (Wildman–Crippen LogP) is 5.40. The van der Waals surface area contributed by atoms with Gasteiger partial charge in [0.05, 0.1) is 16.5 Å². The number of hydrogen-bond donors (Lipinski definition) is 2. The van der Waals surface area contributed by atoms with Gasteiger partial charge in [0, 0.05) is 49.7 Å². The molecule has 0 radical (unpaired) electrons. The maximum atomic E-state index is 13.6. The van der Waals surface area contributed by atoms with E-state index in [4.69, 9.17) is 23.2 Å². The second-order valence-corrected chi connectivity index (χ2v) is 12.1. The minimum Gasteiger partial charge on any atom is -0.343 e. The lowest BCUT2D eigenvalue weighted by molar-refractivity contribution is -0.165. The van der Waals surface area contributed by atoms with Crippen molar-refractivity contribution in [1.82, 2.24) is 24.9 Å². The van der Waals surface area contributed by atoms with Crippen LogP contribution in [0.4, 0.5) is 23.7 Å². The van der Waals surface area contributed by atoms with Crippen LogP contribution in [0.5, 0.6) is 0 Å². The maximum absolute atomic E-state index is 13.6. The zero-order valence-electron chi connectivity index (χ0n) is 23.0. The smallest absolute Gasteiger partial charge is 0.343 e. The second-order valence-electron chi connectivity index (χ2n) is 11.3. The Hall–Kier alpha value is -3.51. The number of carbonyl (C=O) groups excluding carboxylic acids is 3. The molecule has 1 unspecified atom stereocenters. The molecular weight excluding hydrogens is 608 g/mol. The van der Waals surface area contributed by atoms with Crippen molar-refractivity contribution in [2.75, 3.05) is 31.5 Å². The fourth-order valence-electron chi connectivity index (χ4n) is 6.50. The number of fused-ring (bicyclic) bond motifs is 4. The van der Waals surface area contributed by atoms with E-state index in [9.17, 15) is 27.6 Å². The summed E-state index contributed by atoms with van der Waals surface area (Å²) in [6.45, 7) is -0.480. The first-order valence-electron chi connectivity index (χ1n) is 14.1. The largest absolute Gasteiger partial charge is 0.406 e. The first-order chi connectivity index (χ1) is 20.5. The highest BCUT2D eigenvalue weighted by molar-refractivity contribution is 6.39. The van der Waals surface area contributed by atoms with E-state index < -0.39 is 24.5 Å². The molecule has 2 aromatic carbocycles. The van der Waals surface area contributed by atoms with E-state index in [1.54, 1.807) is 11.0 Å². The van der Waals surface area contributed by atoms with Crippen LogP contribution in [0.3, 0.4) is 0 Å². The second kappa shape index (κ2) is 11.5. The van der Waals surface area contributed by atoms with Crippen molar-refractivity contribution in [1.29, 1.82) is 0 Å². The molecule has 3 aliphatic rings. The number of piperidine rings is 1. The number of nitrogens with one attached hydrogen (secondary N) is 2. The molecule has 14 heteroatoms. The molecule has 1 aromatic heterocycles. The van der Waals surface area contributed by atoms with Crippen LogP contribution in [-0.4, -0.2) is 81.1 Å². The molecule has 228 valence electrons. The highest BCUT2D eigenvalue weighted by Gasteiger charge is 2.40. The fourth-order valence-corrected chi connectivity index (χ4v) is 7.02. The molecule has 1 fully saturated rings. The third-order valence-corrected chi connectivity index (χ3v) is 9.19. The van der Waals surface area contributed by atoms with Gasteiger partial charge in [-0.15, -0.1) is 0 Å². The van der Waals surface area contributed by atoms with E-state index in [0.29, 0.717) is 60.9 Å². The van der Waals surface area contributed by atoms with Gasteiger partial charge < -0.3 is 20.0 Å². The first kappa shape index (κ1) is 29.6. The molecule has 0 saturated carbocycles. The third kappa shape index (κ3) is 5.99. The Morgan fingerprint density at radius 1 is 1.07 bits per heavy atom. The number of H-pyrrole nitrogens is 1. The summed E-state index contributed by atoms with van der Waals surface area (Å²) in [6.07, 6.45) is -3.01. The van der Waals surface area contributed by atoms with E-state index in [-0.39, 0.29) is 47.5 Å². The third-order valence-electron chi connectivity index (χ3n) is 8.62. The van der Waals surface area contributed by atoms with Crippen molar-refractivity contribution in [3.63, 3.8) is 0 Å². The van der Waals surface area contributed by atoms with E-state index in [1.165, 1.54) is 0 Å². The summed E-state index contributed by atoms with van der Waals surface area (Å²) in [4.78, 5) is 44.1. The molecule has 3 aromatic rings. The normalized spacial score (nSPS) is 20.0. The summed E-state index contributed by atoms with van der Waals surface area (Å²) < 4.78 is 40.7. The SMILES string of the molecule is O=C(CC1Cc2cc(Cl)c3[nH]nc(Cl)c3c2CN(CC(F)(F)F)C1=O)N1CCC(N2CCc3ccccc3NC2=O)CC1. The zero-order valence-corrected chi connectivity index (χ0v) is 24.5. The van der Waals surface area contributed by atoms with E-state index in [2.05, 4.69) is 15.5 Å². The number of para-hydroxylation sites is 1. The number of halogens is 5. The number of benzene rings is 2. The Balaban J connectivity index is 1.16. The summed E-state index contributed by atoms with van der Waals surface area (Å²) in [7, 11) is 0. The van der Waals surface area contributed by atoms with Crippen LogP contribution in [0, 0.1) is 5.92 Å². The molecule has 1 saturated heterocycles. The maximum Gasteiger partial charge on any atom is 0.406 e. The Morgan fingerprint density at radius 2 is 1.81 bits per heavy atom. The molecular formula is C29H29Cl2F3N6O3. The molecule has 2 N–H and O–H groups in total. The lowest BCUT2D eigenvalue weighted by Gasteiger charge is -2.38. The predicted molar refractivity (Wildman–Crippen MR) is 155 cm³/mol. The van der Waals surface area contributed by atoms with Gasteiger partial charge in [-0.25, -0.2) is 4.79 Å². The fraction of sp³-hybridized carbons (Fsp3) is 0.448. The minimum atomic E-state index is -4.64. The molecule has 0 spiro atoms. The van der Waals surface area contributed by atoms with Crippen molar-refractivity contribution in [2.45, 2.75) is 50.9 Å². The molecule has 4 amide bonds. The van der Waals surface area contributed by atoms with Crippen molar-refractivity contribution in [3.05, 3.63) is 57.2 Å². The highest BCUT2D eigenvalue weighted by Crippen LogP contribution is 2.38. The van der Waals surface area contributed by atoms with Gasteiger partial charge in [0.2, 0.25) is 11.8 Å². The number of amides is 4. The molecule has 0 bridgehead atoms. The minimum absolute atomic E-state index is 0.0381. The number of alkyl halides is 3. The van der Waals surface area contributed by atoms with Crippen LogP contribution in [0.1, 0.15) is 36.0 Å². The molecule has 6 rings (SSSR count). The summed E-state index contributed by atoms with van der Waals surface area (Å²) >= 11 is 12.7. The quantitative estimate of drug-likeness (QED) is 0.400. The number of hydrogen-bond acceptors (Lipinski definition) is 4. The Bertz CT molecular complexity index is 1590. The van der Waals surface area contributed by atoms with Crippen molar-refractivity contribution >= 4 is 57.6 Å². The number of anilines is 1. The highest BCUT2D eigenvalue weighted by atomic mass is 35.5. The Kier molecular flexibility index (Phi) is 7.93. The van der Waals surface area contributed by atoms with Gasteiger partial charge in [0.15, 0.2) is 5.15 Å². The summed E-state index contributed by atoms with van der Waals surface area (Å²) in [6, 6.07) is 9.05. The summed E-state index contributed by atoms with van der Waals surface area (Å²) in [5.74, 6) is -2.07. The Morgan fingerprint density at radius 3 is 2.56 bits per heavy atom. The standard InChI is InChI=1S/C29H29Cl2F3N6O3/c30-21-12-17-11-18(27(42)39(15-29(32,33)34)14-20(17)24-25(21)36-37-26(24)31)13-23(41)38-8-6-19(7-9-38)40-10-5-16-3-1-2-4-22(16)35-28(40)43/h1-4,12,18-19H,5-11,13-15H2,(H,35,43)(H,36,37). The van der Waals surface area contributed by atoms with Crippen LogP contribution >= 0.6 is 23.2 Å². The van der Waals surface area contributed by atoms with Gasteiger partial charge in [0.25, 0.3) is 0 Å². The summed E-state index contributed by atoms with van der Waals surface area (Å²) in [5.41, 5.74) is 3.24. The lowest BCUT2D eigenvalue weighted by atomic mass is 9.92. The molecule has 4 heterocycles. The van der Waals surface area contributed by atoms with E-state index in [1.807, 2.05) is 29.2 Å². The van der Waals surface area contributed by atoms with Crippen LogP contribution in [-0.2, 0) is 29.0 Å². The topological polar surface area (TPSA) is 102 Å². The van der Waals surface area contributed by atoms with Crippen molar-refractivity contribution in [3.8, 4) is 0 Å². The number of urea groups is 1. The number of likely N-dealkylation sites (tertiary alicyclic amines) is 1. The number of aromatic nitrogens is 2. The van der Waals surface area contributed by atoms with Crippen LogP contribution < -0.4 is 5.32 Å². The molecule has 0 aliphatic carbocycles. The number of rotatable bonds is 4. The van der Waals surface area contributed by atoms with Crippen LogP contribution in [0.25, 0.3) is 10.9 Å². The number of nitrogens with zero attached hydrogens (tertiary/aromatic N) is 4. The van der Waals surface area contributed by atoms with E-state index >= 15 is 0 Å². The van der Waals surface area contributed by atoms with Crippen LogP contribution in [0.2, 0.25) is 10.2 Å². The van der Waals surface area contributed by atoms with Crippen LogP contribution in [0.15, 0.2) is 30.3 Å². The average Bonchev–Trinajstić information content (AvgIpc) is 3.20. The van der Waals surface area contributed by atoms with Gasteiger partial charge in [0.1, 0.15) is 6.54 Å². The van der Waals surface area contributed by atoms with Gasteiger partial charge in [-0.2, -0.15) is 18.3 Å². The number of carbonyl (C=O) groups is 3.